The Morgan fingerprint density at radius 2 is 2.03 bits per heavy atom. The summed E-state index contributed by atoms with van der Waals surface area (Å²) in [5.41, 5.74) is 1.99. The Labute approximate surface area is 165 Å². The zero-order valence-corrected chi connectivity index (χ0v) is 15.7. The standard InChI is InChI=1S/C20H17FN6O2/c1-22-19-16-14(9-24-20(16)26-10-25-19)17(28)13-5-4-12(27-18(13)21)7-11-3-6-15(29-2)23-8-11/h3-6,8-10H,7H2,1-2H3,(H2,22,24,25,26). The molecule has 4 rings (SSSR count). The molecule has 0 atom stereocenters. The molecular weight excluding hydrogens is 375 g/mol. The summed E-state index contributed by atoms with van der Waals surface area (Å²) in [5, 5.41) is 3.42. The number of anilines is 1. The van der Waals surface area contributed by atoms with Crippen molar-refractivity contribution in [2.24, 2.45) is 0 Å². The maximum absolute atomic E-state index is 14.7. The number of fused-ring (bicyclic) bond motifs is 1. The number of ether oxygens (including phenoxy) is 1. The summed E-state index contributed by atoms with van der Waals surface area (Å²) >= 11 is 0. The number of carbonyl (C=O) groups is 1. The van der Waals surface area contributed by atoms with E-state index in [4.69, 9.17) is 4.74 Å². The lowest BCUT2D eigenvalue weighted by atomic mass is 10.0. The SMILES string of the molecule is CNc1ncnc2[nH]cc(C(=O)c3ccc(Cc4ccc(OC)nc4)nc3F)c12. The van der Waals surface area contributed by atoms with Crippen molar-refractivity contribution in [3.8, 4) is 5.88 Å². The van der Waals surface area contributed by atoms with Crippen LogP contribution in [0.15, 0.2) is 43.0 Å². The molecule has 0 spiro atoms. The number of aromatic nitrogens is 5. The van der Waals surface area contributed by atoms with Crippen LogP contribution in [0, 0.1) is 5.95 Å². The number of rotatable bonds is 6. The van der Waals surface area contributed by atoms with Gasteiger partial charge in [-0.25, -0.2) is 19.9 Å². The minimum atomic E-state index is -0.828. The second-order valence-corrected chi connectivity index (χ2v) is 6.25. The average Bonchev–Trinajstić information content (AvgIpc) is 3.18. The average molecular weight is 392 g/mol. The van der Waals surface area contributed by atoms with Crippen LogP contribution in [0.1, 0.15) is 27.2 Å². The number of ketones is 1. The highest BCUT2D eigenvalue weighted by molar-refractivity contribution is 6.17. The van der Waals surface area contributed by atoms with Crippen LogP contribution in [0.5, 0.6) is 5.88 Å². The molecule has 0 unspecified atom stereocenters. The molecule has 0 aliphatic rings. The Bertz CT molecular complexity index is 1190. The first-order valence-electron chi connectivity index (χ1n) is 8.79. The van der Waals surface area contributed by atoms with Crippen molar-refractivity contribution >= 4 is 22.6 Å². The highest BCUT2D eigenvalue weighted by Crippen LogP contribution is 2.26. The summed E-state index contributed by atoms with van der Waals surface area (Å²) in [4.78, 5) is 32.2. The molecule has 0 saturated carbocycles. The number of hydrogen-bond donors (Lipinski definition) is 2. The first kappa shape index (κ1) is 18.5. The summed E-state index contributed by atoms with van der Waals surface area (Å²) in [5.74, 6) is -0.342. The number of hydrogen-bond acceptors (Lipinski definition) is 7. The zero-order chi connectivity index (χ0) is 20.4. The fourth-order valence-corrected chi connectivity index (χ4v) is 3.06. The quantitative estimate of drug-likeness (QED) is 0.384. The Morgan fingerprint density at radius 1 is 1.17 bits per heavy atom. The van der Waals surface area contributed by atoms with Crippen LogP contribution >= 0.6 is 0 Å². The number of aromatic amines is 1. The number of halogens is 1. The monoisotopic (exact) mass is 392 g/mol. The number of H-pyrrole nitrogens is 1. The number of carbonyl (C=O) groups excluding carboxylic acids is 1. The van der Waals surface area contributed by atoms with E-state index < -0.39 is 11.7 Å². The number of methoxy groups -OCH3 is 1. The molecule has 0 saturated heterocycles. The fourth-order valence-electron chi connectivity index (χ4n) is 3.06. The molecule has 4 heterocycles. The van der Waals surface area contributed by atoms with Gasteiger partial charge in [-0.05, 0) is 17.7 Å². The van der Waals surface area contributed by atoms with Gasteiger partial charge in [-0.15, -0.1) is 0 Å². The van der Waals surface area contributed by atoms with Crippen LogP contribution in [0.3, 0.4) is 0 Å². The molecule has 2 N–H and O–H groups in total. The van der Waals surface area contributed by atoms with Crippen molar-refractivity contribution in [1.82, 2.24) is 24.9 Å². The highest BCUT2D eigenvalue weighted by atomic mass is 19.1. The van der Waals surface area contributed by atoms with E-state index in [0.717, 1.165) is 5.56 Å². The van der Waals surface area contributed by atoms with Gasteiger partial charge in [0.15, 0.2) is 5.78 Å². The van der Waals surface area contributed by atoms with Crippen LogP contribution in [0.25, 0.3) is 11.0 Å². The lowest BCUT2D eigenvalue weighted by Gasteiger charge is -2.06. The van der Waals surface area contributed by atoms with Gasteiger partial charge >= 0.3 is 0 Å². The van der Waals surface area contributed by atoms with E-state index in [1.165, 1.54) is 25.7 Å². The van der Waals surface area contributed by atoms with Crippen LogP contribution in [0.4, 0.5) is 10.2 Å². The summed E-state index contributed by atoms with van der Waals surface area (Å²) in [6.07, 6.45) is 4.90. The summed E-state index contributed by atoms with van der Waals surface area (Å²) in [7, 11) is 3.22. The van der Waals surface area contributed by atoms with Crippen molar-refractivity contribution in [1.29, 1.82) is 0 Å². The Morgan fingerprint density at radius 3 is 2.72 bits per heavy atom. The van der Waals surface area contributed by atoms with E-state index >= 15 is 0 Å². The predicted molar refractivity (Wildman–Crippen MR) is 105 cm³/mol. The van der Waals surface area contributed by atoms with Crippen molar-refractivity contribution in [3.63, 3.8) is 0 Å². The molecule has 0 fully saturated rings. The molecular formula is C20H17FN6O2. The molecule has 4 aromatic rings. The molecule has 0 radical (unpaired) electrons. The topological polar surface area (TPSA) is 106 Å². The summed E-state index contributed by atoms with van der Waals surface area (Å²) in [6.45, 7) is 0. The number of nitrogens with one attached hydrogen (secondary N) is 2. The van der Waals surface area contributed by atoms with Crippen molar-refractivity contribution < 1.29 is 13.9 Å². The molecule has 29 heavy (non-hydrogen) atoms. The van der Waals surface area contributed by atoms with Crippen molar-refractivity contribution in [2.75, 3.05) is 19.5 Å². The second-order valence-electron chi connectivity index (χ2n) is 6.25. The van der Waals surface area contributed by atoms with Crippen LogP contribution in [0.2, 0.25) is 0 Å². The van der Waals surface area contributed by atoms with E-state index in [9.17, 15) is 9.18 Å². The third-order valence-electron chi connectivity index (χ3n) is 4.49. The van der Waals surface area contributed by atoms with Crippen LogP contribution in [-0.2, 0) is 6.42 Å². The molecule has 8 nitrogen and oxygen atoms in total. The minimum absolute atomic E-state index is 0.117. The molecule has 9 heteroatoms. The van der Waals surface area contributed by atoms with E-state index in [-0.39, 0.29) is 11.1 Å². The molecule has 0 amide bonds. The van der Waals surface area contributed by atoms with Gasteiger partial charge in [0.25, 0.3) is 0 Å². The van der Waals surface area contributed by atoms with E-state index in [2.05, 4.69) is 30.2 Å². The number of pyridine rings is 2. The lowest BCUT2D eigenvalue weighted by Crippen LogP contribution is -2.08. The minimum Gasteiger partial charge on any atom is -0.481 e. The number of nitrogens with zero attached hydrogens (tertiary/aromatic N) is 4. The van der Waals surface area contributed by atoms with Crippen molar-refractivity contribution in [3.05, 3.63) is 71.3 Å². The first-order valence-corrected chi connectivity index (χ1v) is 8.79. The van der Waals surface area contributed by atoms with Gasteiger partial charge in [-0.2, -0.15) is 4.39 Å². The van der Waals surface area contributed by atoms with Gasteiger partial charge < -0.3 is 15.0 Å². The zero-order valence-electron chi connectivity index (χ0n) is 15.7. The van der Waals surface area contributed by atoms with Gasteiger partial charge in [0, 0.05) is 37.6 Å². The molecule has 0 aromatic carbocycles. The van der Waals surface area contributed by atoms with Gasteiger partial charge in [0.05, 0.1) is 23.6 Å². The Kier molecular flexibility index (Phi) is 4.86. The smallest absolute Gasteiger partial charge is 0.224 e. The molecule has 146 valence electrons. The maximum atomic E-state index is 14.7. The summed E-state index contributed by atoms with van der Waals surface area (Å²) in [6, 6.07) is 6.63. The molecule has 0 aliphatic heterocycles. The normalized spacial score (nSPS) is 10.9. The van der Waals surface area contributed by atoms with E-state index in [0.29, 0.717) is 34.8 Å². The van der Waals surface area contributed by atoms with Crippen LogP contribution < -0.4 is 10.1 Å². The highest BCUT2D eigenvalue weighted by Gasteiger charge is 2.21. The van der Waals surface area contributed by atoms with Gasteiger partial charge in [-0.3, -0.25) is 4.79 Å². The largest absolute Gasteiger partial charge is 0.481 e. The third-order valence-corrected chi connectivity index (χ3v) is 4.49. The van der Waals surface area contributed by atoms with Gasteiger partial charge in [0.2, 0.25) is 11.8 Å². The van der Waals surface area contributed by atoms with Gasteiger partial charge in [-0.1, -0.05) is 6.07 Å². The summed E-state index contributed by atoms with van der Waals surface area (Å²) < 4.78 is 19.7. The van der Waals surface area contributed by atoms with E-state index in [1.807, 2.05) is 6.07 Å². The fraction of sp³-hybridized carbons (Fsp3) is 0.150. The predicted octanol–water partition coefficient (Wildman–Crippen LogP) is 2.76. The van der Waals surface area contributed by atoms with Gasteiger partial charge in [0.1, 0.15) is 17.8 Å². The molecule has 4 aromatic heterocycles. The molecule has 0 aliphatic carbocycles. The maximum Gasteiger partial charge on any atom is 0.224 e. The van der Waals surface area contributed by atoms with Crippen LogP contribution in [-0.4, -0.2) is 44.9 Å². The Balaban J connectivity index is 1.63. The second kappa shape index (κ2) is 7.63. The van der Waals surface area contributed by atoms with Crippen molar-refractivity contribution in [2.45, 2.75) is 6.42 Å². The first-order chi connectivity index (χ1) is 14.1. The lowest BCUT2D eigenvalue weighted by molar-refractivity contribution is 0.103. The third kappa shape index (κ3) is 3.49. The van der Waals surface area contributed by atoms with E-state index in [1.54, 1.807) is 25.4 Å². The molecule has 0 bridgehead atoms. The Hall–Kier alpha value is -3.88.